The number of para-hydroxylation sites is 2. The van der Waals surface area contributed by atoms with Gasteiger partial charge in [-0.3, -0.25) is 14.4 Å². The summed E-state index contributed by atoms with van der Waals surface area (Å²) in [6.07, 6.45) is 6.34. The van der Waals surface area contributed by atoms with Crippen LogP contribution in [0.4, 0.5) is 0 Å². The monoisotopic (exact) mass is 641 g/mol. The molecule has 12 heteroatoms. The number of carbonyl (C=O) groups is 2. The van der Waals surface area contributed by atoms with Crippen LogP contribution in [-0.2, 0) is 18.4 Å². The third-order valence-electron chi connectivity index (χ3n) is 8.40. The molecule has 246 valence electrons. The van der Waals surface area contributed by atoms with Crippen LogP contribution in [0.5, 0.6) is 23.0 Å². The molecule has 4 aromatic rings. The van der Waals surface area contributed by atoms with Gasteiger partial charge in [0.05, 0.1) is 19.3 Å². The number of ether oxygens (including phenoxy) is 4. The summed E-state index contributed by atoms with van der Waals surface area (Å²) in [5, 5.41) is 0. The van der Waals surface area contributed by atoms with E-state index in [1.54, 1.807) is 43.6 Å². The molecule has 0 saturated carbocycles. The van der Waals surface area contributed by atoms with Crippen molar-refractivity contribution in [1.82, 2.24) is 23.9 Å². The van der Waals surface area contributed by atoms with Gasteiger partial charge in [-0.15, -0.1) is 0 Å². The quantitative estimate of drug-likeness (QED) is 0.333. The fourth-order valence-corrected chi connectivity index (χ4v) is 5.84. The molecule has 0 N–H and O–H groups in total. The first-order valence-electron chi connectivity index (χ1n) is 15.9. The Morgan fingerprint density at radius 3 is 2.47 bits per heavy atom. The van der Waals surface area contributed by atoms with Crippen molar-refractivity contribution in [3.8, 4) is 34.4 Å². The van der Waals surface area contributed by atoms with Crippen LogP contribution >= 0.6 is 0 Å². The van der Waals surface area contributed by atoms with Crippen LogP contribution in [0.2, 0.25) is 0 Å². The highest BCUT2D eigenvalue weighted by molar-refractivity contribution is 5.93. The lowest BCUT2D eigenvalue weighted by atomic mass is 10.2. The number of hydrogen-bond donors (Lipinski definition) is 0. The van der Waals surface area contributed by atoms with Crippen molar-refractivity contribution in [1.29, 1.82) is 0 Å². The van der Waals surface area contributed by atoms with E-state index < -0.39 is 6.10 Å². The Morgan fingerprint density at radius 1 is 0.872 bits per heavy atom. The predicted molar refractivity (Wildman–Crippen MR) is 174 cm³/mol. The highest BCUT2D eigenvalue weighted by Crippen LogP contribution is 2.33. The Hall–Kier alpha value is -5.26. The summed E-state index contributed by atoms with van der Waals surface area (Å²) >= 11 is 0. The zero-order valence-corrected chi connectivity index (χ0v) is 26.7. The number of methoxy groups -OCH3 is 1. The molecule has 4 heterocycles. The first kappa shape index (κ1) is 31.7. The Kier molecular flexibility index (Phi) is 9.75. The van der Waals surface area contributed by atoms with Crippen LogP contribution in [0.1, 0.15) is 29.6 Å². The molecule has 0 fully saturated rings. The molecule has 1 atom stereocenters. The molecule has 12 nitrogen and oxygen atoms in total. The first-order valence-corrected chi connectivity index (χ1v) is 15.9. The number of aromatic nitrogens is 3. The summed E-state index contributed by atoms with van der Waals surface area (Å²) in [5.74, 6) is 2.76. The number of imidazole rings is 1. The van der Waals surface area contributed by atoms with E-state index >= 15 is 0 Å². The van der Waals surface area contributed by atoms with E-state index in [0.717, 1.165) is 11.4 Å². The molecule has 0 radical (unpaired) electrons. The van der Waals surface area contributed by atoms with E-state index in [2.05, 4.69) is 4.98 Å². The molecular formula is C35H39N5O7. The number of nitrogens with zero attached hydrogens (tertiary/aromatic N) is 5. The van der Waals surface area contributed by atoms with Gasteiger partial charge in [0.1, 0.15) is 12.4 Å². The number of amides is 2. The molecule has 0 aliphatic carbocycles. The second-order valence-corrected chi connectivity index (χ2v) is 11.6. The van der Waals surface area contributed by atoms with Crippen molar-refractivity contribution >= 4 is 11.8 Å². The largest absolute Gasteiger partial charge is 0.493 e. The molecule has 2 aliphatic rings. The summed E-state index contributed by atoms with van der Waals surface area (Å²) in [6.45, 7) is 2.81. The van der Waals surface area contributed by atoms with Gasteiger partial charge in [0.15, 0.2) is 23.0 Å². The summed E-state index contributed by atoms with van der Waals surface area (Å²) < 4.78 is 27.1. The van der Waals surface area contributed by atoms with Crippen molar-refractivity contribution in [3.63, 3.8) is 0 Å². The zero-order valence-electron chi connectivity index (χ0n) is 26.7. The highest BCUT2D eigenvalue weighted by atomic mass is 16.6. The second-order valence-electron chi connectivity index (χ2n) is 11.6. The van der Waals surface area contributed by atoms with Gasteiger partial charge in [-0.05, 0) is 55.7 Å². The zero-order chi connectivity index (χ0) is 32.8. The van der Waals surface area contributed by atoms with Gasteiger partial charge in [-0.25, -0.2) is 4.98 Å². The van der Waals surface area contributed by atoms with Crippen LogP contribution in [-0.4, -0.2) is 88.3 Å². The fraction of sp³-hybridized carbons (Fsp3) is 0.371. The third kappa shape index (κ3) is 7.26. The number of fused-ring (bicyclic) bond motifs is 5. The molecule has 47 heavy (non-hydrogen) atoms. The number of hydrogen-bond acceptors (Lipinski definition) is 8. The average Bonchev–Trinajstić information content (AvgIpc) is 3.57. The molecule has 0 spiro atoms. The number of rotatable bonds is 3. The number of carbonyl (C=O) groups excluding carboxylic acids is 2. The molecule has 0 saturated heterocycles. The topological polar surface area (TPSA) is 117 Å². The minimum atomic E-state index is -0.773. The van der Waals surface area contributed by atoms with Crippen molar-refractivity contribution in [3.05, 3.63) is 89.1 Å². The van der Waals surface area contributed by atoms with Crippen LogP contribution in [0.25, 0.3) is 11.4 Å². The van der Waals surface area contributed by atoms with E-state index in [9.17, 15) is 14.4 Å². The second kappa shape index (κ2) is 14.4. The molecule has 6 rings (SSSR count). The molecule has 1 unspecified atom stereocenters. The maximum Gasteiger partial charge on any atom is 0.267 e. The lowest BCUT2D eigenvalue weighted by Gasteiger charge is -2.31. The van der Waals surface area contributed by atoms with E-state index in [1.807, 2.05) is 52.1 Å². The summed E-state index contributed by atoms with van der Waals surface area (Å²) in [6, 6.07) is 16.0. The maximum absolute atomic E-state index is 13.9. The van der Waals surface area contributed by atoms with Crippen molar-refractivity contribution in [2.45, 2.75) is 31.9 Å². The van der Waals surface area contributed by atoms with Crippen LogP contribution in [0.15, 0.2) is 78.0 Å². The molecule has 2 bridgehead atoms. The number of pyridine rings is 1. The van der Waals surface area contributed by atoms with Gasteiger partial charge in [0.2, 0.25) is 11.7 Å². The molecule has 2 aromatic carbocycles. The van der Waals surface area contributed by atoms with Gasteiger partial charge < -0.3 is 37.9 Å². The Labute approximate surface area is 273 Å². The highest BCUT2D eigenvalue weighted by Gasteiger charge is 2.31. The standard InChI is InChI=1S/C35H39N5O7/c1-37-23-26(11-13-32(37)41)34(42)39-15-5-6-16-40(35(43)31-24-46-28-8-3-4-9-29(28)47-31)20-19-38-18-14-36-33(38)25-10-12-27(44-2)30(22-25)45-21-7-17-39/h3-4,8-14,18,22-23,31H,5-7,15-17,19-21,24H2,1-2H3. The smallest absolute Gasteiger partial charge is 0.267 e. The van der Waals surface area contributed by atoms with Gasteiger partial charge in [-0.2, -0.15) is 0 Å². The minimum Gasteiger partial charge on any atom is -0.493 e. The van der Waals surface area contributed by atoms with Crippen LogP contribution in [0.3, 0.4) is 0 Å². The SMILES string of the molecule is COc1ccc2cc1OCCCN(C(=O)c1ccc(=O)n(C)c1)CCCCN(C(=O)C1COc3ccccc3O1)CCn1ccnc1-2. The lowest BCUT2D eigenvalue weighted by molar-refractivity contribution is -0.141. The summed E-state index contributed by atoms with van der Waals surface area (Å²) in [7, 11) is 3.22. The van der Waals surface area contributed by atoms with Gasteiger partial charge in [-0.1, -0.05) is 12.1 Å². The van der Waals surface area contributed by atoms with E-state index in [-0.39, 0.29) is 24.0 Å². The predicted octanol–water partition coefficient (Wildman–Crippen LogP) is 3.63. The normalized spacial score (nSPS) is 17.2. The van der Waals surface area contributed by atoms with Crippen LogP contribution in [0, 0.1) is 0 Å². The number of aryl methyl sites for hydroxylation is 1. The summed E-state index contributed by atoms with van der Waals surface area (Å²) in [5.41, 5.74) is 1.10. The van der Waals surface area contributed by atoms with Gasteiger partial charge >= 0.3 is 0 Å². The Morgan fingerprint density at radius 2 is 1.66 bits per heavy atom. The van der Waals surface area contributed by atoms with Gasteiger partial charge in [0.25, 0.3) is 11.8 Å². The fourth-order valence-electron chi connectivity index (χ4n) is 5.84. The van der Waals surface area contributed by atoms with Crippen molar-refractivity contribution in [2.24, 2.45) is 7.05 Å². The molecule has 2 amide bonds. The van der Waals surface area contributed by atoms with Crippen molar-refractivity contribution < 1.29 is 28.5 Å². The molecular weight excluding hydrogens is 602 g/mol. The van der Waals surface area contributed by atoms with E-state index in [1.165, 1.54) is 10.6 Å². The lowest BCUT2D eigenvalue weighted by Crippen LogP contribution is -2.47. The van der Waals surface area contributed by atoms with Gasteiger partial charge in [0, 0.05) is 70.0 Å². The Bertz CT molecular complexity index is 1780. The van der Waals surface area contributed by atoms with Crippen LogP contribution < -0.4 is 24.5 Å². The minimum absolute atomic E-state index is 0.124. The molecule has 2 aliphatic heterocycles. The van der Waals surface area contributed by atoms with E-state index in [4.69, 9.17) is 18.9 Å². The van der Waals surface area contributed by atoms with E-state index in [0.29, 0.717) is 87.2 Å². The maximum atomic E-state index is 13.9. The Balaban J connectivity index is 1.26. The summed E-state index contributed by atoms with van der Waals surface area (Å²) in [4.78, 5) is 47.7. The number of benzene rings is 2. The third-order valence-corrected chi connectivity index (χ3v) is 8.40. The average molecular weight is 642 g/mol. The first-order chi connectivity index (χ1) is 22.9. The molecule has 2 aromatic heterocycles. The van der Waals surface area contributed by atoms with Crippen molar-refractivity contribution in [2.75, 3.05) is 46.5 Å².